The molecule has 0 bridgehead atoms. The molecule has 0 aliphatic carbocycles. The molecule has 142 valence electrons. The van der Waals surface area contributed by atoms with Crippen LogP contribution in [0, 0.1) is 5.92 Å². The SMILES string of the molecule is COC(=O)CCCCN1C(=O)[C@@](O)([C@@H](C)/C=C/CCO)c2ccccc21. The molecule has 1 heterocycles. The van der Waals surface area contributed by atoms with Crippen LogP contribution in [0.15, 0.2) is 36.4 Å². The molecular weight excluding hydrogens is 334 g/mol. The number of aliphatic hydroxyl groups excluding tert-OH is 1. The highest BCUT2D eigenvalue weighted by molar-refractivity contribution is 6.07. The predicted molar refractivity (Wildman–Crippen MR) is 98.6 cm³/mol. The molecule has 1 aliphatic heterocycles. The van der Waals surface area contributed by atoms with Crippen molar-refractivity contribution in [3.63, 3.8) is 0 Å². The maximum Gasteiger partial charge on any atom is 0.305 e. The molecule has 0 spiro atoms. The Bertz CT molecular complexity index is 672. The molecule has 6 heteroatoms. The fourth-order valence-electron chi connectivity index (χ4n) is 3.28. The Kier molecular flexibility index (Phi) is 6.94. The Morgan fingerprint density at radius 1 is 1.35 bits per heavy atom. The zero-order valence-electron chi connectivity index (χ0n) is 15.4. The normalized spacial score (nSPS) is 20.5. The summed E-state index contributed by atoms with van der Waals surface area (Å²) in [5.41, 5.74) is -0.315. The van der Waals surface area contributed by atoms with Gasteiger partial charge in [-0.2, -0.15) is 0 Å². The Balaban J connectivity index is 2.17. The van der Waals surface area contributed by atoms with Crippen LogP contribution >= 0.6 is 0 Å². The molecule has 0 saturated heterocycles. The molecule has 0 aromatic heterocycles. The fourth-order valence-corrected chi connectivity index (χ4v) is 3.28. The topological polar surface area (TPSA) is 87.1 Å². The minimum absolute atomic E-state index is 0.0263. The van der Waals surface area contributed by atoms with Crippen molar-refractivity contribution in [2.45, 2.75) is 38.2 Å². The van der Waals surface area contributed by atoms with Gasteiger partial charge in [0.15, 0.2) is 5.60 Å². The summed E-state index contributed by atoms with van der Waals surface area (Å²) in [6, 6.07) is 7.25. The van der Waals surface area contributed by atoms with Gasteiger partial charge in [-0.05, 0) is 25.3 Å². The molecule has 2 atom stereocenters. The smallest absolute Gasteiger partial charge is 0.305 e. The summed E-state index contributed by atoms with van der Waals surface area (Å²) in [4.78, 5) is 25.9. The monoisotopic (exact) mass is 361 g/mol. The quantitative estimate of drug-likeness (QED) is 0.400. The Hall–Kier alpha value is -2.18. The van der Waals surface area contributed by atoms with Crippen LogP contribution in [0.3, 0.4) is 0 Å². The number of methoxy groups -OCH3 is 1. The molecule has 0 unspecified atom stereocenters. The Labute approximate surface area is 154 Å². The minimum atomic E-state index is -1.62. The van der Waals surface area contributed by atoms with Crippen molar-refractivity contribution in [2.75, 3.05) is 25.2 Å². The molecule has 26 heavy (non-hydrogen) atoms. The molecule has 0 fully saturated rings. The van der Waals surface area contributed by atoms with Crippen LogP contribution in [0.5, 0.6) is 0 Å². The van der Waals surface area contributed by atoms with Crippen molar-refractivity contribution < 1.29 is 24.5 Å². The number of aliphatic hydroxyl groups is 2. The van der Waals surface area contributed by atoms with Gasteiger partial charge in [-0.1, -0.05) is 37.3 Å². The molecule has 1 aromatic rings. The van der Waals surface area contributed by atoms with Gasteiger partial charge in [0.25, 0.3) is 5.91 Å². The number of hydrogen-bond acceptors (Lipinski definition) is 5. The van der Waals surface area contributed by atoms with Crippen LogP contribution in [-0.4, -0.2) is 42.4 Å². The van der Waals surface area contributed by atoms with Gasteiger partial charge in [-0.15, -0.1) is 0 Å². The second-order valence-electron chi connectivity index (χ2n) is 6.50. The van der Waals surface area contributed by atoms with Crippen LogP contribution in [0.1, 0.15) is 38.2 Å². The lowest BCUT2D eigenvalue weighted by Gasteiger charge is -2.27. The number of ether oxygens (including phenoxy) is 1. The molecule has 2 N–H and O–H groups in total. The van der Waals surface area contributed by atoms with Gasteiger partial charge in [0.05, 0.1) is 12.8 Å². The third kappa shape index (κ3) is 3.97. The van der Waals surface area contributed by atoms with E-state index in [2.05, 4.69) is 4.74 Å². The highest BCUT2D eigenvalue weighted by Crippen LogP contribution is 2.45. The molecule has 1 aromatic carbocycles. The first-order valence-corrected chi connectivity index (χ1v) is 8.95. The first-order chi connectivity index (χ1) is 12.5. The molecule has 0 saturated carbocycles. The van der Waals surface area contributed by atoms with E-state index in [-0.39, 0.29) is 18.5 Å². The van der Waals surface area contributed by atoms with E-state index in [4.69, 9.17) is 5.11 Å². The van der Waals surface area contributed by atoms with E-state index in [0.717, 1.165) is 0 Å². The van der Waals surface area contributed by atoms with Crippen molar-refractivity contribution in [1.29, 1.82) is 0 Å². The van der Waals surface area contributed by atoms with Crippen LogP contribution < -0.4 is 4.90 Å². The average molecular weight is 361 g/mol. The number of nitrogens with zero attached hydrogens (tertiary/aromatic N) is 1. The fraction of sp³-hybridized carbons (Fsp3) is 0.500. The van der Waals surface area contributed by atoms with E-state index in [1.165, 1.54) is 7.11 Å². The molecular formula is C20H27NO5. The number of anilines is 1. The minimum Gasteiger partial charge on any atom is -0.469 e. The summed E-state index contributed by atoms with van der Waals surface area (Å²) in [7, 11) is 1.36. The largest absolute Gasteiger partial charge is 0.469 e. The standard InChI is InChI=1S/C20H27NO5/c1-15(9-6-8-14-22)20(25)16-10-3-4-11-17(16)21(19(20)24)13-7-5-12-18(23)26-2/h3-4,6,9-11,15,22,25H,5,7-8,12-14H2,1-2H3/b9-6+/t15-,20+/m0/s1. The van der Waals surface area contributed by atoms with Gasteiger partial charge >= 0.3 is 5.97 Å². The van der Waals surface area contributed by atoms with Crippen molar-refractivity contribution in [3.05, 3.63) is 42.0 Å². The van der Waals surface area contributed by atoms with E-state index in [9.17, 15) is 14.7 Å². The van der Waals surface area contributed by atoms with Crippen molar-refractivity contribution in [2.24, 2.45) is 5.92 Å². The lowest BCUT2D eigenvalue weighted by Crippen LogP contribution is -2.44. The first kappa shape index (κ1) is 20.1. The lowest BCUT2D eigenvalue weighted by atomic mass is 9.83. The summed E-state index contributed by atoms with van der Waals surface area (Å²) in [5.74, 6) is -1.04. The zero-order chi connectivity index (χ0) is 19.2. The molecule has 6 nitrogen and oxygen atoms in total. The molecule has 2 rings (SSSR count). The van der Waals surface area contributed by atoms with Gasteiger partial charge in [-0.25, -0.2) is 0 Å². The van der Waals surface area contributed by atoms with E-state index in [1.54, 1.807) is 30.0 Å². The number of hydrogen-bond donors (Lipinski definition) is 2. The third-order valence-corrected chi connectivity index (χ3v) is 4.80. The van der Waals surface area contributed by atoms with Crippen molar-refractivity contribution in [3.8, 4) is 0 Å². The Morgan fingerprint density at radius 2 is 2.08 bits per heavy atom. The van der Waals surface area contributed by atoms with Crippen LogP contribution in [0.4, 0.5) is 5.69 Å². The van der Waals surface area contributed by atoms with E-state index in [0.29, 0.717) is 43.5 Å². The number of carbonyl (C=O) groups is 2. The Morgan fingerprint density at radius 3 is 2.77 bits per heavy atom. The van der Waals surface area contributed by atoms with Crippen LogP contribution in [-0.2, 0) is 19.9 Å². The molecule has 0 radical (unpaired) electrons. The number of unbranched alkanes of at least 4 members (excludes halogenated alkanes) is 1. The van der Waals surface area contributed by atoms with Crippen LogP contribution in [0.25, 0.3) is 0 Å². The summed E-state index contributed by atoms with van der Waals surface area (Å²) < 4.78 is 4.63. The number of carbonyl (C=O) groups excluding carboxylic acids is 2. The van der Waals surface area contributed by atoms with Crippen molar-refractivity contribution >= 4 is 17.6 Å². The third-order valence-electron chi connectivity index (χ3n) is 4.80. The first-order valence-electron chi connectivity index (χ1n) is 8.95. The van der Waals surface area contributed by atoms with Gasteiger partial charge in [0, 0.05) is 31.1 Å². The zero-order valence-corrected chi connectivity index (χ0v) is 15.4. The van der Waals surface area contributed by atoms with E-state index in [1.807, 2.05) is 18.2 Å². The molecule has 1 aliphatic rings. The maximum atomic E-state index is 13.0. The predicted octanol–water partition coefficient (Wildman–Crippen LogP) is 2.14. The summed E-state index contributed by atoms with van der Waals surface area (Å²) in [6.45, 7) is 2.25. The summed E-state index contributed by atoms with van der Waals surface area (Å²) in [5, 5.41) is 20.2. The lowest BCUT2D eigenvalue weighted by molar-refractivity contribution is -0.140. The van der Waals surface area contributed by atoms with Gasteiger partial charge < -0.3 is 19.8 Å². The second kappa shape index (κ2) is 8.96. The summed E-state index contributed by atoms with van der Waals surface area (Å²) >= 11 is 0. The van der Waals surface area contributed by atoms with Crippen LogP contribution in [0.2, 0.25) is 0 Å². The van der Waals surface area contributed by atoms with Gasteiger partial charge in [0.1, 0.15) is 0 Å². The number of fused-ring (bicyclic) bond motifs is 1. The molecule has 1 amide bonds. The number of esters is 1. The number of amides is 1. The summed E-state index contributed by atoms with van der Waals surface area (Å²) in [6.07, 6.45) is 5.59. The highest BCUT2D eigenvalue weighted by Gasteiger charge is 2.52. The highest BCUT2D eigenvalue weighted by atomic mass is 16.5. The number of para-hydroxylation sites is 1. The second-order valence-corrected chi connectivity index (χ2v) is 6.50. The van der Waals surface area contributed by atoms with Crippen molar-refractivity contribution in [1.82, 2.24) is 0 Å². The van der Waals surface area contributed by atoms with Gasteiger partial charge in [0.2, 0.25) is 0 Å². The number of benzene rings is 1. The average Bonchev–Trinajstić information content (AvgIpc) is 2.87. The maximum absolute atomic E-state index is 13.0. The van der Waals surface area contributed by atoms with E-state index >= 15 is 0 Å². The van der Waals surface area contributed by atoms with Gasteiger partial charge in [-0.3, -0.25) is 9.59 Å². The number of rotatable bonds is 9. The van der Waals surface area contributed by atoms with E-state index < -0.39 is 11.5 Å².